The first-order valence-electron chi connectivity index (χ1n) is 9.21. The van der Waals surface area contributed by atoms with Gasteiger partial charge in [0.1, 0.15) is 4.83 Å². The number of halogens is 2. The van der Waals surface area contributed by atoms with E-state index in [0.29, 0.717) is 0 Å². The van der Waals surface area contributed by atoms with Gasteiger partial charge in [0, 0.05) is 13.6 Å². The Bertz CT molecular complexity index is 1410. The van der Waals surface area contributed by atoms with E-state index >= 15 is 0 Å². The summed E-state index contributed by atoms with van der Waals surface area (Å²) in [6.07, 6.45) is 0. The van der Waals surface area contributed by atoms with Gasteiger partial charge in [-0.3, -0.25) is 18.7 Å². The standard InChI is InChI=1S/C21H16F2N4O3S/c1-26-20-16(25-18(31-20)17(28)24-10-12-5-3-2-4-6-12)19(29)27(21(26)30)11-13-7-8-14(22)15(23)9-13/h2-9H,10-11H2,1H3,(H,24,28). The number of aromatic nitrogens is 3. The fourth-order valence-corrected chi connectivity index (χ4v) is 4.00. The zero-order valence-electron chi connectivity index (χ0n) is 16.3. The van der Waals surface area contributed by atoms with E-state index in [9.17, 15) is 23.2 Å². The van der Waals surface area contributed by atoms with Crippen LogP contribution in [0.3, 0.4) is 0 Å². The number of benzene rings is 2. The zero-order chi connectivity index (χ0) is 22.1. The monoisotopic (exact) mass is 442 g/mol. The third-order valence-electron chi connectivity index (χ3n) is 4.69. The summed E-state index contributed by atoms with van der Waals surface area (Å²) >= 11 is 0.932. The minimum Gasteiger partial charge on any atom is -0.346 e. The van der Waals surface area contributed by atoms with Crippen LogP contribution >= 0.6 is 11.3 Å². The molecule has 31 heavy (non-hydrogen) atoms. The third kappa shape index (κ3) is 4.02. The molecule has 0 aliphatic rings. The first kappa shape index (κ1) is 20.6. The van der Waals surface area contributed by atoms with Gasteiger partial charge >= 0.3 is 5.69 Å². The van der Waals surface area contributed by atoms with E-state index in [1.165, 1.54) is 17.7 Å². The van der Waals surface area contributed by atoms with Crippen molar-refractivity contribution in [2.24, 2.45) is 7.05 Å². The van der Waals surface area contributed by atoms with E-state index in [2.05, 4.69) is 10.3 Å². The summed E-state index contributed by atoms with van der Waals surface area (Å²) in [5.41, 5.74) is -0.255. The van der Waals surface area contributed by atoms with Crippen LogP contribution in [0.2, 0.25) is 0 Å². The summed E-state index contributed by atoms with van der Waals surface area (Å²) in [4.78, 5) is 42.4. The minimum atomic E-state index is -1.07. The fraction of sp³-hybridized carbons (Fsp3) is 0.143. The maximum atomic E-state index is 13.5. The third-order valence-corrected chi connectivity index (χ3v) is 5.82. The SMILES string of the molecule is Cn1c(=O)n(Cc2ccc(F)c(F)c2)c(=O)c2nc(C(=O)NCc3ccccc3)sc21. The van der Waals surface area contributed by atoms with Gasteiger partial charge in [0.25, 0.3) is 11.5 Å². The van der Waals surface area contributed by atoms with Gasteiger partial charge in [0.2, 0.25) is 0 Å². The van der Waals surface area contributed by atoms with Crippen molar-refractivity contribution in [3.8, 4) is 0 Å². The molecule has 0 fully saturated rings. The van der Waals surface area contributed by atoms with E-state index in [1.54, 1.807) is 0 Å². The van der Waals surface area contributed by atoms with Crippen LogP contribution in [0.5, 0.6) is 0 Å². The Balaban J connectivity index is 1.67. The van der Waals surface area contributed by atoms with Crippen molar-refractivity contribution in [1.29, 1.82) is 0 Å². The number of carbonyl (C=O) groups is 1. The normalized spacial score (nSPS) is 11.1. The molecule has 0 spiro atoms. The minimum absolute atomic E-state index is 0.0421. The number of nitrogens with zero attached hydrogens (tertiary/aromatic N) is 3. The second-order valence-corrected chi connectivity index (χ2v) is 7.80. The Hall–Kier alpha value is -3.66. The topological polar surface area (TPSA) is 86.0 Å². The molecular weight excluding hydrogens is 426 g/mol. The maximum Gasteiger partial charge on any atom is 0.332 e. The molecule has 4 aromatic rings. The molecule has 1 amide bonds. The van der Waals surface area contributed by atoms with Crippen LogP contribution in [-0.4, -0.2) is 20.0 Å². The smallest absolute Gasteiger partial charge is 0.332 e. The van der Waals surface area contributed by atoms with Gasteiger partial charge in [0.05, 0.1) is 6.54 Å². The number of nitrogens with one attached hydrogen (secondary N) is 1. The molecule has 0 atom stereocenters. The van der Waals surface area contributed by atoms with Crippen molar-refractivity contribution in [2.45, 2.75) is 13.1 Å². The molecule has 2 heterocycles. The predicted octanol–water partition coefficient (Wildman–Crippen LogP) is 2.41. The molecule has 158 valence electrons. The van der Waals surface area contributed by atoms with Crippen LogP contribution in [0.4, 0.5) is 8.78 Å². The second-order valence-electron chi connectivity index (χ2n) is 6.82. The molecule has 0 saturated carbocycles. The zero-order valence-corrected chi connectivity index (χ0v) is 17.1. The lowest BCUT2D eigenvalue weighted by Crippen LogP contribution is -2.39. The Kier molecular flexibility index (Phi) is 5.47. The average Bonchev–Trinajstić information content (AvgIpc) is 3.23. The van der Waals surface area contributed by atoms with Crippen molar-refractivity contribution < 1.29 is 13.6 Å². The van der Waals surface area contributed by atoms with Crippen LogP contribution < -0.4 is 16.6 Å². The molecule has 2 aromatic heterocycles. The summed E-state index contributed by atoms with van der Waals surface area (Å²) in [5, 5.41) is 2.78. The lowest BCUT2D eigenvalue weighted by atomic mass is 10.2. The highest BCUT2D eigenvalue weighted by atomic mass is 32.1. The van der Waals surface area contributed by atoms with Crippen molar-refractivity contribution in [3.05, 3.63) is 97.1 Å². The van der Waals surface area contributed by atoms with E-state index in [1.807, 2.05) is 30.3 Å². The van der Waals surface area contributed by atoms with E-state index in [0.717, 1.165) is 33.6 Å². The highest BCUT2D eigenvalue weighted by Gasteiger charge is 2.20. The largest absolute Gasteiger partial charge is 0.346 e. The summed E-state index contributed by atoms with van der Waals surface area (Å²) in [5.74, 6) is -2.57. The lowest BCUT2D eigenvalue weighted by molar-refractivity contribution is 0.0950. The van der Waals surface area contributed by atoms with Crippen LogP contribution in [0.1, 0.15) is 20.9 Å². The number of hydrogen-bond acceptors (Lipinski definition) is 5. The number of fused-ring (bicyclic) bond motifs is 1. The molecule has 10 heteroatoms. The molecule has 4 rings (SSSR count). The fourth-order valence-electron chi connectivity index (χ4n) is 3.07. The molecule has 1 N–H and O–H groups in total. The van der Waals surface area contributed by atoms with Crippen LogP contribution in [0.25, 0.3) is 10.3 Å². The van der Waals surface area contributed by atoms with E-state index in [-0.39, 0.29) is 34.0 Å². The molecule has 0 aliphatic heterocycles. The quantitative estimate of drug-likeness (QED) is 0.514. The summed E-state index contributed by atoms with van der Waals surface area (Å²) in [6.45, 7) is 0.0284. The lowest BCUT2D eigenvalue weighted by Gasteiger charge is -2.08. The summed E-state index contributed by atoms with van der Waals surface area (Å²) in [7, 11) is 1.45. The van der Waals surface area contributed by atoms with E-state index < -0.39 is 28.8 Å². The molecule has 0 aliphatic carbocycles. The second kappa shape index (κ2) is 8.23. The summed E-state index contributed by atoms with van der Waals surface area (Å²) < 4.78 is 28.8. The Labute approximate surface area is 178 Å². The summed E-state index contributed by atoms with van der Waals surface area (Å²) in [6, 6.07) is 12.4. The number of carbonyl (C=O) groups excluding carboxylic acids is 1. The van der Waals surface area contributed by atoms with Gasteiger partial charge in [-0.15, -0.1) is 0 Å². The van der Waals surface area contributed by atoms with Crippen molar-refractivity contribution in [1.82, 2.24) is 19.4 Å². The van der Waals surface area contributed by atoms with Crippen molar-refractivity contribution in [3.63, 3.8) is 0 Å². The Morgan fingerprint density at radius 2 is 1.81 bits per heavy atom. The number of aryl methyl sites for hydroxylation is 1. The van der Waals surface area contributed by atoms with Crippen LogP contribution in [0.15, 0.2) is 58.1 Å². The molecule has 2 aromatic carbocycles. The van der Waals surface area contributed by atoms with Crippen LogP contribution in [0, 0.1) is 11.6 Å². The van der Waals surface area contributed by atoms with Crippen molar-refractivity contribution >= 4 is 27.6 Å². The van der Waals surface area contributed by atoms with Crippen LogP contribution in [-0.2, 0) is 20.1 Å². The molecule has 0 unspecified atom stereocenters. The number of rotatable bonds is 5. The van der Waals surface area contributed by atoms with Gasteiger partial charge in [-0.1, -0.05) is 47.7 Å². The maximum absolute atomic E-state index is 13.5. The molecule has 0 bridgehead atoms. The van der Waals surface area contributed by atoms with Crippen molar-refractivity contribution in [2.75, 3.05) is 0 Å². The van der Waals surface area contributed by atoms with E-state index in [4.69, 9.17) is 0 Å². The molecule has 7 nitrogen and oxygen atoms in total. The van der Waals surface area contributed by atoms with Gasteiger partial charge < -0.3 is 5.32 Å². The number of thiazole rings is 1. The number of hydrogen-bond donors (Lipinski definition) is 1. The Morgan fingerprint density at radius 1 is 1.06 bits per heavy atom. The molecule has 0 saturated heterocycles. The first-order chi connectivity index (χ1) is 14.8. The predicted molar refractivity (Wildman–Crippen MR) is 112 cm³/mol. The van der Waals surface area contributed by atoms with Gasteiger partial charge in [-0.2, -0.15) is 0 Å². The first-order valence-corrected chi connectivity index (χ1v) is 10.0. The molecular formula is C21H16F2N4O3S. The van der Waals surface area contributed by atoms with Gasteiger partial charge in [-0.05, 0) is 23.3 Å². The number of amides is 1. The highest BCUT2D eigenvalue weighted by molar-refractivity contribution is 7.19. The highest BCUT2D eigenvalue weighted by Crippen LogP contribution is 2.18. The molecule has 0 radical (unpaired) electrons. The van der Waals surface area contributed by atoms with Gasteiger partial charge in [-0.25, -0.2) is 18.6 Å². The Morgan fingerprint density at radius 3 is 2.52 bits per heavy atom. The van der Waals surface area contributed by atoms with Gasteiger partial charge in [0.15, 0.2) is 22.2 Å². The average molecular weight is 442 g/mol.